The Kier molecular flexibility index (Phi) is 5.22. The number of aliphatic hydroxyl groups excluding tert-OH is 2. The molecule has 0 spiro atoms. The Morgan fingerprint density at radius 1 is 0.808 bits per heavy atom. The lowest BCUT2D eigenvalue weighted by Gasteiger charge is -2.21. The number of fused-ring (bicyclic) bond motifs is 2. The lowest BCUT2D eigenvalue weighted by Crippen LogP contribution is -2.21. The maximum atomic E-state index is 9.38. The van der Waals surface area contributed by atoms with Gasteiger partial charge in [0.2, 0.25) is 0 Å². The minimum atomic E-state index is -0.857. The third-order valence-corrected chi connectivity index (χ3v) is 6.69. The van der Waals surface area contributed by atoms with Crippen molar-refractivity contribution in [2.75, 3.05) is 13.2 Å². The molecule has 1 unspecified atom stereocenters. The largest absolute Gasteiger partial charge is 0.491 e. The molecule has 0 aliphatic carbocycles. The molecule has 3 nitrogen and oxygen atoms in total. The predicted octanol–water partition coefficient (Wildman–Crippen LogP) is 4.70. The van der Waals surface area contributed by atoms with Gasteiger partial charge in [-0.1, -0.05) is 59.9 Å². The van der Waals surface area contributed by atoms with E-state index in [-0.39, 0.29) is 13.2 Å². The summed E-state index contributed by atoms with van der Waals surface area (Å²) < 4.78 is 5.49. The summed E-state index contributed by atoms with van der Waals surface area (Å²) in [5.41, 5.74) is 2.33. The molecule has 132 valence electrons. The van der Waals surface area contributed by atoms with Gasteiger partial charge in [-0.2, -0.15) is 0 Å². The highest BCUT2D eigenvalue weighted by Crippen LogP contribution is 2.51. The van der Waals surface area contributed by atoms with E-state index in [0.717, 1.165) is 5.56 Å². The van der Waals surface area contributed by atoms with Gasteiger partial charge in [-0.05, 0) is 41.5 Å². The molecule has 2 N–H and O–H groups in total. The van der Waals surface area contributed by atoms with Crippen LogP contribution in [0.25, 0.3) is 11.1 Å². The summed E-state index contributed by atoms with van der Waals surface area (Å²) in [6, 6.07) is 22.7. The standard InChI is InChI=1S/C21H18O3S2/c22-12-15(23)13-24-16-10-8-14(9-11-16)17-4-3-7-20-21(17)26-19-6-2-1-5-18(19)25-20/h1-11,15,22-23H,12-13H2. The maximum Gasteiger partial charge on any atom is 0.119 e. The molecule has 1 heterocycles. The average molecular weight is 383 g/mol. The summed E-state index contributed by atoms with van der Waals surface area (Å²) in [6.45, 7) is -0.218. The van der Waals surface area contributed by atoms with Gasteiger partial charge in [0.25, 0.3) is 0 Å². The van der Waals surface area contributed by atoms with Crippen molar-refractivity contribution >= 4 is 23.5 Å². The molecule has 1 aliphatic heterocycles. The topological polar surface area (TPSA) is 49.7 Å². The predicted molar refractivity (Wildman–Crippen MR) is 105 cm³/mol. The third kappa shape index (κ3) is 3.62. The molecule has 0 fully saturated rings. The van der Waals surface area contributed by atoms with Gasteiger partial charge in [-0.15, -0.1) is 0 Å². The molecule has 3 aromatic rings. The Labute approximate surface area is 161 Å². The first kappa shape index (κ1) is 17.5. The van der Waals surface area contributed by atoms with Gasteiger partial charge in [0.1, 0.15) is 18.5 Å². The summed E-state index contributed by atoms with van der Waals surface area (Å²) >= 11 is 3.62. The minimum Gasteiger partial charge on any atom is -0.491 e. The molecule has 1 atom stereocenters. The fourth-order valence-corrected chi connectivity index (χ4v) is 5.15. The van der Waals surface area contributed by atoms with Crippen LogP contribution in [-0.2, 0) is 0 Å². The van der Waals surface area contributed by atoms with Crippen LogP contribution in [0.15, 0.2) is 86.3 Å². The second-order valence-electron chi connectivity index (χ2n) is 5.96. The first-order chi connectivity index (χ1) is 12.7. The van der Waals surface area contributed by atoms with E-state index in [4.69, 9.17) is 9.84 Å². The van der Waals surface area contributed by atoms with Gasteiger partial charge < -0.3 is 14.9 Å². The number of benzene rings is 3. The van der Waals surface area contributed by atoms with Crippen LogP contribution in [0.2, 0.25) is 0 Å². The van der Waals surface area contributed by atoms with Crippen molar-refractivity contribution in [3.63, 3.8) is 0 Å². The van der Waals surface area contributed by atoms with Crippen LogP contribution in [-0.4, -0.2) is 29.5 Å². The van der Waals surface area contributed by atoms with Crippen molar-refractivity contribution in [2.24, 2.45) is 0 Å². The number of hydrogen-bond donors (Lipinski definition) is 2. The fourth-order valence-electron chi connectivity index (χ4n) is 2.75. The normalized spacial score (nSPS) is 13.6. The zero-order chi connectivity index (χ0) is 17.9. The molecule has 0 aromatic heterocycles. The highest BCUT2D eigenvalue weighted by Gasteiger charge is 2.19. The van der Waals surface area contributed by atoms with E-state index in [1.165, 1.54) is 25.1 Å². The number of aliphatic hydroxyl groups is 2. The van der Waals surface area contributed by atoms with Gasteiger partial charge >= 0.3 is 0 Å². The summed E-state index contributed by atoms with van der Waals surface area (Å²) in [5.74, 6) is 0.679. The van der Waals surface area contributed by atoms with E-state index in [2.05, 4.69) is 42.5 Å². The van der Waals surface area contributed by atoms with E-state index >= 15 is 0 Å². The van der Waals surface area contributed by atoms with Crippen LogP contribution in [0, 0.1) is 0 Å². The van der Waals surface area contributed by atoms with Crippen LogP contribution < -0.4 is 4.74 Å². The minimum absolute atomic E-state index is 0.0832. The third-order valence-electron chi connectivity index (χ3n) is 4.08. The molecule has 26 heavy (non-hydrogen) atoms. The molecular weight excluding hydrogens is 364 g/mol. The monoisotopic (exact) mass is 382 g/mol. The van der Waals surface area contributed by atoms with Gasteiger partial charge in [0.15, 0.2) is 0 Å². The zero-order valence-electron chi connectivity index (χ0n) is 14.0. The molecule has 0 amide bonds. The lowest BCUT2D eigenvalue weighted by molar-refractivity contribution is 0.0536. The van der Waals surface area contributed by atoms with Crippen LogP contribution in [0.4, 0.5) is 0 Å². The number of rotatable bonds is 5. The highest BCUT2D eigenvalue weighted by atomic mass is 32.2. The van der Waals surface area contributed by atoms with Crippen molar-refractivity contribution in [3.8, 4) is 16.9 Å². The van der Waals surface area contributed by atoms with Gasteiger partial charge in [-0.25, -0.2) is 0 Å². The van der Waals surface area contributed by atoms with Gasteiger partial charge in [0, 0.05) is 19.6 Å². The zero-order valence-corrected chi connectivity index (χ0v) is 15.6. The van der Waals surface area contributed by atoms with Gasteiger partial charge in [-0.3, -0.25) is 0 Å². The second kappa shape index (κ2) is 7.76. The lowest BCUT2D eigenvalue weighted by atomic mass is 10.1. The number of hydrogen-bond acceptors (Lipinski definition) is 5. The van der Waals surface area contributed by atoms with E-state index in [1.54, 1.807) is 0 Å². The summed E-state index contributed by atoms with van der Waals surface area (Å²) in [6.07, 6.45) is -0.857. The van der Waals surface area contributed by atoms with Crippen molar-refractivity contribution in [1.29, 1.82) is 0 Å². The van der Waals surface area contributed by atoms with Crippen LogP contribution >= 0.6 is 23.5 Å². The van der Waals surface area contributed by atoms with Crippen molar-refractivity contribution in [2.45, 2.75) is 25.7 Å². The fraction of sp³-hybridized carbons (Fsp3) is 0.143. The maximum absolute atomic E-state index is 9.38. The Hall–Kier alpha value is -1.92. The summed E-state index contributed by atoms with van der Waals surface area (Å²) in [5, 5.41) is 18.2. The van der Waals surface area contributed by atoms with E-state index < -0.39 is 6.10 Å². The summed E-state index contributed by atoms with van der Waals surface area (Å²) in [4.78, 5) is 5.14. The average Bonchev–Trinajstić information content (AvgIpc) is 2.70. The molecule has 1 aliphatic rings. The van der Waals surface area contributed by atoms with E-state index in [9.17, 15) is 5.11 Å². The first-order valence-electron chi connectivity index (χ1n) is 8.34. The van der Waals surface area contributed by atoms with Gasteiger partial charge in [0.05, 0.1) is 6.61 Å². The molecule has 0 radical (unpaired) electrons. The highest BCUT2D eigenvalue weighted by molar-refractivity contribution is 8.05. The Morgan fingerprint density at radius 2 is 1.50 bits per heavy atom. The summed E-state index contributed by atoms with van der Waals surface area (Å²) in [7, 11) is 0. The van der Waals surface area contributed by atoms with Crippen molar-refractivity contribution < 1.29 is 14.9 Å². The molecular formula is C21H18O3S2. The Balaban J connectivity index is 1.60. The second-order valence-corrected chi connectivity index (χ2v) is 8.09. The van der Waals surface area contributed by atoms with Crippen molar-refractivity contribution in [1.82, 2.24) is 0 Å². The number of ether oxygens (including phenoxy) is 1. The quantitative estimate of drug-likeness (QED) is 0.524. The smallest absolute Gasteiger partial charge is 0.119 e. The van der Waals surface area contributed by atoms with Crippen LogP contribution in [0.5, 0.6) is 5.75 Å². The SMILES string of the molecule is OCC(O)COc1ccc(-c2cccc3c2Sc2ccccc2S3)cc1. The molecule has 0 bridgehead atoms. The molecule has 0 saturated carbocycles. The Bertz CT molecular complexity index is 909. The van der Waals surface area contributed by atoms with Crippen LogP contribution in [0.3, 0.4) is 0 Å². The van der Waals surface area contributed by atoms with Crippen LogP contribution in [0.1, 0.15) is 0 Å². The van der Waals surface area contributed by atoms with E-state index in [1.807, 2.05) is 47.8 Å². The molecule has 5 heteroatoms. The molecule has 4 rings (SSSR count). The Morgan fingerprint density at radius 3 is 2.23 bits per heavy atom. The van der Waals surface area contributed by atoms with Crippen molar-refractivity contribution in [3.05, 3.63) is 66.7 Å². The molecule has 3 aromatic carbocycles. The first-order valence-corrected chi connectivity index (χ1v) is 9.98. The van der Waals surface area contributed by atoms with E-state index in [0.29, 0.717) is 5.75 Å². The molecule has 0 saturated heterocycles.